The van der Waals surface area contributed by atoms with Crippen molar-refractivity contribution in [2.45, 2.75) is 120 Å². The second-order valence-electron chi connectivity index (χ2n) is 19.4. The number of carbonyl (C=O) groups excluding carboxylic acids is 1. The van der Waals surface area contributed by atoms with Crippen LogP contribution in [0.15, 0.2) is 212 Å². The molecule has 78 heavy (non-hydrogen) atoms. The molecule has 0 radical (unpaired) electrons. The summed E-state index contributed by atoms with van der Waals surface area (Å²) in [7, 11) is 0. The van der Waals surface area contributed by atoms with Gasteiger partial charge in [-0.05, 0) is 45.9 Å². The standard InChI is InChI=1S/C64H69NO13/c1-64(45-65,77-62-54(66)56(70-39-48-27-13-4-14-28-48)58(72-41-50-31-17-6-18-32-50)59(76-62)61(67)74-43-52-35-21-8-22-36-52)78-63-60(73-42-51-33-19-7-20-34-51)57(71-40-49-29-15-5-16-30-49)55(69-38-47-25-11-3-12-26-47)53(75-63)44-68-37-46-23-9-2-10-24-46/h2-36,53-60,62-63,66H,37-45,65H2,1H3. The van der Waals surface area contributed by atoms with Crippen LogP contribution < -0.4 is 5.73 Å². The largest absolute Gasteiger partial charge is 0.459 e. The van der Waals surface area contributed by atoms with E-state index < -0.39 is 73.2 Å². The molecular formula is C64H69NO13. The van der Waals surface area contributed by atoms with Crippen LogP contribution in [0.1, 0.15) is 45.9 Å². The minimum atomic E-state index is -1.82. The van der Waals surface area contributed by atoms with Gasteiger partial charge in [-0.2, -0.15) is 0 Å². The van der Waals surface area contributed by atoms with Crippen molar-refractivity contribution in [3.63, 3.8) is 0 Å². The molecule has 0 spiro atoms. The summed E-state index contributed by atoms with van der Waals surface area (Å²) in [5.41, 5.74) is 12.8. The van der Waals surface area contributed by atoms with Crippen molar-refractivity contribution in [1.82, 2.24) is 0 Å². The summed E-state index contributed by atoms with van der Waals surface area (Å²) in [5.74, 6) is -2.58. The first kappa shape index (κ1) is 56.3. The lowest BCUT2D eigenvalue weighted by atomic mass is 9.97. The SMILES string of the molecule is CC(CN)(OC1OC(C(=O)OCc2ccccc2)C(OCc2ccccc2)C(OCc2ccccc2)C1O)OC1OC(COCc2ccccc2)C(OCc2ccccc2)C(OCc2ccccc2)C1OCc1ccccc1. The van der Waals surface area contributed by atoms with Crippen molar-refractivity contribution in [2.24, 2.45) is 5.73 Å². The van der Waals surface area contributed by atoms with Gasteiger partial charge in [0.2, 0.25) is 0 Å². The lowest BCUT2D eigenvalue weighted by Gasteiger charge is -2.49. The van der Waals surface area contributed by atoms with E-state index in [1.165, 1.54) is 0 Å². The Bertz CT molecular complexity index is 2790. The van der Waals surface area contributed by atoms with Gasteiger partial charge in [-0.25, -0.2) is 4.79 Å². The van der Waals surface area contributed by atoms with Gasteiger partial charge in [-0.1, -0.05) is 212 Å². The van der Waals surface area contributed by atoms with E-state index in [1.54, 1.807) is 6.92 Å². The predicted octanol–water partition coefficient (Wildman–Crippen LogP) is 9.39. The van der Waals surface area contributed by atoms with Crippen LogP contribution in [0, 0.1) is 0 Å². The molecule has 7 aromatic carbocycles. The minimum Gasteiger partial charge on any atom is -0.459 e. The van der Waals surface area contributed by atoms with E-state index >= 15 is 0 Å². The highest BCUT2D eigenvalue weighted by Crippen LogP contribution is 2.37. The number of hydrogen-bond acceptors (Lipinski definition) is 14. The Hall–Kier alpha value is -6.47. The van der Waals surface area contributed by atoms with Crippen LogP contribution in [0.25, 0.3) is 0 Å². The molecule has 2 aliphatic heterocycles. The lowest BCUT2D eigenvalue weighted by molar-refractivity contribution is -0.413. The fourth-order valence-corrected chi connectivity index (χ4v) is 9.29. The average molecular weight is 1060 g/mol. The Morgan fingerprint density at radius 3 is 1.21 bits per heavy atom. The molecule has 2 saturated heterocycles. The van der Waals surface area contributed by atoms with Crippen molar-refractivity contribution in [2.75, 3.05) is 13.2 Å². The fraction of sp³-hybridized carbons (Fsp3) is 0.328. The minimum absolute atomic E-state index is 0.0542. The molecule has 2 fully saturated rings. The number of hydrogen-bond donors (Lipinski definition) is 2. The molecule has 0 aliphatic carbocycles. The third-order valence-corrected chi connectivity index (χ3v) is 13.5. The maximum Gasteiger partial charge on any atom is 0.338 e. The van der Waals surface area contributed by atoms with Crippen LogP contribution in [-0.4, -0.2) is 91.4 Å². The molecule has 14 nitrogen and oxygen atoms in total. The second kappa shape index (κ2) is 28.9. The highest BCUT2D eigenvalue weighted by Gasteiger charge is 2.55. The van der Waals surface area contributed by atoms with Crippen molar-refractivity contribution < 1.29 is 62.0 Å². The van der Waals surface area contributed by atoms with Gasteiger partial charge in [0.15, 0.2) is 24.5 Å². The van der Waals surface area contributed by atoms with E-state index in [1.807, 2.05) is 212 Å². The molecule has 9 rings (SSSR count). The highest BCUT2D eigenvalue weighted by atomic mass is 16.8. The van der Waals surface area contributed by atoms with Gasteiger partial charge in [0, 0.05) is 6.54 Å². The maximum absolute atomic E-state index is 14.5. The smallest absolute Gasteiger partial charge is 0.338 e. The predicted molar refractivity (Wildman–Crippen MR) is 290 cm³/mol. The van der Waals surface area contributed by atoms with Crippen LogP contribution in [0.4, 0.5) is 0 Å². The lowest BCUT2D eigenvalue weighted by Crippen LogP contribution is -2.66. The van der Waals surface area contributed by atoms with E-state index in [0.717, 1.165) is 38.9 Å². The van der Waals surface area contributed by atoms with Crippen LogP contribution in [0.5, 0.6) is 0 Å². The molecule has 0 amide bonds. The fourth-order valence-electron chi connectivity index (χ4n) is 9.29. The normalized spacial score (nSPS) is 24.0. The van der Waals surface area contributed by atoms with Gasteiger partial charge in [0.05, 0.1) is 46.2 Å². The topological polar surface area (TPSA) is 165 Å². The maximum atomic E-state index is 14.5. The summed E-state index contributed by atoms with van der Waals surface area (Å²) in [6.07, 6.45) is -11.7. The molecule has 0 saturated carbocycles. The summed E-state index contributed by atoms with van der Waals surface area (Å²) in [6, 6.07) is 67.5. The molecule has 11 unspecified atom stereocenters. The number of benzene rings is 7. The third-order valence-electron chi connectivity index (χ3n) is 13.5. The Labute approximate surface area is 456 Å². The summed E-state index contributed by atoms with van der Waals surface area (Å²) in [5, 5.41) is 12.5. The summed E-state index contributed by atoms with van der Waals surface area (Å²) in [6.45, 7) is 2.30. The summed E-state index contributed by atoms with van der Waals surface area (Å²) < 4.78 is 73.5. The van der Waals surface area contributed by atoms with Crippen molar-refractivity contribution in [3.8, 4) is 0 Å². The number of nitrogens with two attached hydrogens (primary N) is 1. The van der Waals surface area contributed by atoms with Crippen molar-refractivity contribution in [3.05, 3.63) is 251 Å². The summed E-state index contributed by atoms with van der Waals surface area (Å²) >= 11 is 0. The van der Waals surface area contributed by atoms with Gasteiger partial charge in [0.25, 0.3) is 0 Å². The molecule has 11 atom stereocenters. The van der Waals surface area contributed by atoms with Crippen LogP contribution in [0.2, 0.25) is 0 Å². The number of carbonyl (C=O) groups is 1. The quantitative estimate of drug-likeness (QED) is 0.0370. The molecule has 2 aliphatic rings. The zero-order valence-electron chi connectivity index (χ0n) is 43.8. The van der Waals surface area contributed by atoms with E-state index in [2.05, 4.69) is 0 Å². The number of aliphatic hydroxyl groups is 1. The van der Waals surface area contributed by atoms with Crippen molar-refractivity contribution >= 4 is 5.97 Å². The van der Waals surface area contributed by atoms with Gasteiger partial charge < -0.3 is 62.9 Å². The van der Waals surface area contributed by atoms with E-state index in [4.69, 9.17) is 57.8 Å². The molecule has 14 heteroatoms. The first-order valence-corrected chi connectivity index (χ1v) is 26.5. The number of rotatable bonds is 27. The Morgan fingerprint density at radius 2 is 0.782 bits per heavy atom. The average Bonchev–Trinajstić information content (AvgIpc) is 3.53. The summed E-state index contributed by atoms with van der Waals surface area (Å²) in [4.78, 5) is 14.5. The molecule has 7 aromatic rings. The molecule has 0 aromatic heterocycles. The van der Waals surface area contributed by atoms with E-state index in [9.17, 15) is 9.90 Å². The molecular weight excluding hydrogens is 991 g/mol. The highest BCUT2D eigenvalue weighted by molar-refractivity contribution is 5.76. The number of esters is 1. The Kier molecular flexibility index (Phi) is 20.9. The van der Waals surface area contributed by atoms with Gasteiger partial charge in [0.1, 0.15) is 49.3 Å². The Balaban J connectivity index is 1.05. The first-order valence-electron chi connectivity index (χ1n) is 26.5. The van der Waals surface area contributed by atoms with Gasteiger partial charge >= 0.3 is 5.97 Å². The van der Waals surface area contributed by atoms with Gasteiger partial charge in [-0.3, -0.25) is 0 Å². The molecule has 408 valence electrons. The van der Waals surface area contributed by atoms with Crippen LogP contribution >= 0.6 is 0 Å². The molecule has 0 bridgehead atoms. The second-order valence-corrected chi connectivity index (χ2v) is 19.4. The van der Waals surface area contributed by atoms with E-state index in [-0.39, 0.29) is 52.8 Å². The van der Waals surface area contributed by atoms with E-state index in [0.29, 0.717) is 6.61 Å². The van der Waals surface area contributed by atoms with Gasteiger partial charge in [-0.15, -0.1) is 0 Å². The zero-order valence-corrected chi connectivity index (χ0v) is 43.8. The molecule has 3 N–H and O–H groups in total. The monoisotopic (exact) mass is 1060 g/mol. The third kappa shape index (κ3) is 16.1. The first-order chi connectivity index (χ1) is 38.3. The zero-order chi connectivity index (χ0) is 53.8. The Morgan fingerprint density at radius 1 is 0.436 bits per heavy atom. The van der Waals surface area contributed by atoms with Crippen molar-refractivity contribution in [1.29, 1.82) is 0 Å². The van der Waals surface area contributed by atoms with Crippen LogP contribution in [-0.2, 0) is 103 Å². The number of ether oxygens (including phenoxy) is 11. The number of aliphatic hydroxyl groups excluding tert-OH is 1. The molecule has 2 heterocycles. The van der Waals surface area contributed by atoms with Crippen LogP contribution in [0.3, 0.4) is 0 Å².